The lowest BCUT2D eigenvalue weighted by molar-refractivity contribution is 0.235. The molecule has 2 rings (SSSR count). The Bertz CT molecular complexity index is 356. The van der Waals surface area contributed by atoms with Crippen molar-refractivity contribution in [2.45, 2.75) is 19.4 Å². The molecule has 0 saturated carbocycles. The lowest BCUT2D eigenvalue weighted by Gasteiger charge is -2.27. The summed E-state index contributed by atoms with van der Waals surface area (Å²) in [5.41, 5.74) is 0.983. The minimum atomic E-state index is 0. The minimum absolute atomic E-state index is 0. The minimum Gasteiger partial charge on any atom is -0.316 e. The molecule has 1 aliphatic rings. The summed E-state index contributed by atoms with van der Waals surface area (Å²) in [4.78, 5) is 10.4. The molecule has 6 heteroatoms. The van der Waals surface area contributed by atoms with Crippen LogP contribution in [0.4, 0.5) is 0 Å². The summed E-state index contributed by atoms with van der Waals surface area (Å²) < 4.78 is 0. The maximum Gasteiger partial charge on any atom is 0.222 e. The van der Waals surface area contributed by atoms with Crippen LogP contribution < -0.4 is 5.32 Å². The summed E-state index contributed by atoms with van der Waals surface area (Å²) in [6.45, 7) is 4.24. The summed E-state index contributed by atoms with van der Waals surface area (Å²) in [5.74, 6) is 0.756. The topological polar surface area (TPSA) is 41.1 Å². The number of rotatable bonds is 4. The SMILES string of the molecule is CN(Cc1ccnc(Cl)n1)CC1CCCNC1.Cl. The van der Waals surface area contributed by atoms with E-state index < -0.39 is 0 Å². The molecule has 1 unspecified atom stereocenters. The van der Waals surface area contributed by atoms with Crippen molar-refractivity contribution in [1.82, 2.24) is 20.2 Å². The number of halogens is 2. The van der Waals surface area contributed by atoms with Crippen LogP contribution >= 0.6 is 24.0 Å². The molecular formula is C12H20Cl2N4. The van der Waals surface area contributed by atoms with Crippen molar-refractivity contribution in [2.24, 2.45) is 5.92 Å². The molecule has 1 atom stereocenters. The molecule has 1 aromatic rings. The molecule has 1 aliphatic heterocycles. The fourth-order valence-corrected chi connectivity index (χ4v) is 2.48. The number of nitrogens with one attached hydrogen (secondary N) is 1. The molecule has 0 aliphatic carbocycles. The van der Waals surface area contributed by atoms with Crippen molar-refractivity contribution in [3.63, 3.8) is 0 Å². The Morgan fingerprint density at radius 3 is 3.06 bits per heavy atom. The van der Waals surface area contributed by atoms with E-state index in [9.17, 15) is 0 Å². The summed E-state index contributed by atoms with van der Waals surface area (Å²) in [5, 5.41) is 3.77. The Kier molecular flexibility index (Phi) is 6.86. The predicted molar refractivity (Wildman–Crippen MR) is 76.2 cm³/mol. The van der Waals surface area contributed by atoms with E-state index in [-0.39, 0.29) is 12.4 Å². The Morgan fingerprint density at radius 1 is 1.56 bits per heavy atom. The van der Waals surface area contributed by atoms with E-state index in [1.807, 2.05) is 6.07 Å². The van der Waals surface area contributed by atoms with Gasteiger partial charge < -0.3 is 10.2 Å². The van der Waals surface area contributed by atoms with E-state index in [0.717, 1.165) is 31.2 Å². The summed E-state index contributed by atoms with van der Waals surface area (Å²) in [6, 6.07) is 1.92. The molecular weight excluding hydrogens is 271 g/mol. The maximum absolute atomic E-state index is 5.77. The van der Waals surface area contributed by atoms with Gasteiger partial charge in [-0.1, -0.05) is 0 Å². The first kappa shape index (κ1) is 15.6. The van der Waals surface area contributed by atoms with Crippen LogP contribution in [-0.2, 0) is 6.54 Å². The fraction of sp³-hybridized carbons (Fsp3) is 0.667. The lowest BCUT2D eigenvalue weighted by Crippen LogP contribution is -2.36. The number of hydrogen-bond acceptors (Lipinski definition) is 4. The van der Waals surface area contributed by atoms with E-state index >= 15 is 0 Å². The van der Waals surface area contributed by atoms with Crippen molar-refractivity contribution in [2.75, 3.05) is 26.7 Å². The van der Waals surface area contributed by atoms with Gasteiger partial charge in [0.15, 0.2) is 0 Å². The Balaban J connectivity index is 0.00000162. The van der Waals surface area contributed by atoms with Gasteiger partial charge in [-0.15, -0.1) is 12.4 Å². The molecule has 1 saturated heterocycles. The third-order valence-electron chi connectivity index (χ3n) is 3.08. The Hall–Kier alpha value is -0.420. The Morgan fingerprint density at radius 2 is 2.39 bits per heavy atom. The second-order valence-electron chi connectivity index (χ2n) is 4.73. The normalized spacial score (nSPS) is 19.6. The van der Waals surface area contributed by atoms with Crippen LogP contribution in [0.2, 0.25) is 5.28 Å². The van der Waals surface area contributed by atoms with E-state index in [0.29, 0.717) is 5.28 Å². The highest BCUT2D eigenvalue weighted by molar-refractivity contribution is 6.28. The first-order valence-electron chi connectivity index (χ1n) is 6.11. The summed E-state index contributed by atoms with van der Waals surface area (Å²) in [6.07, 6.45) is 4.32. The zero-order valence-corrected chi connectivity index (χ0v) is 12.2. The van der Waals surface area contributed by atoms with Gasteiger partial charge in [0, 0.05) is 19.3 Å². The monoisotopic (exact) mass is 290 g/mol. The maximum atomic E-state index is 5.77. The van der Waals surface area contributed by atoms with Gasteiger partial charge in [0.25, 0.3) is 0 Å². The van der Waals surface area contributed by atoms with Gasteiger partial charge in [0.1, 0.15) is 0 Å². The van der Waals surface area contributed by atoms with E-state index in [2.05, 4.69) is 27.2 Å². The standard InChI is InChI=1S/C12H19ClN4.ClH/c1-17(8-10-3-2-5-14-7-10)9-11-4-6-15-12(13)16-11;/h4,6,10,14H,2-3,5,7-9H2,1H3;1H. The molecule has 0 bridgehead atoms. The molecule has 2 heterocycles. The van der Waals surface area contributed by atoms with Crippen LogP contribution in [0.25, 0.3) is 0 Å². The molecule has 4 nitrogen and oxygen atoms in total. The van der Waals surface area contributed by atoms with Gasteiger partial charge in [-0.25, -0.2) is 9.97 Å². The van der Waals surface area contributed by atoms with Gasteiger partial charge >= 0.3 is 0 Å². The van der Waals surface area contributed by atoms with Crippen molar-refractivity contribution >= 4 is 24.0 Å². The molecule has 0 spiro atoms. The average Bonchev–Trinajstić information content (AvgIpc) is 2.30. The van der Waals surface area contributed by atoms with Crippen LogP contribution in [0, 0.1) is 5.92 Å². The molecule has 18 heavy (non-hydrogen) atoms. The van der Waals surface area contributed by atoms with Gasteiger partial charge in [0.2, 0.25) is 5.28 Å². The Labute approximate surface area is 120 Å². The zero-order valence-electron chi connectivity index (χ0n) is 10.6. The van der Waals surface area contributed by atoms with Crippen LogP contribution in [0.5, 0.6) is 0 Å². The molecule has 1 aromatic heterocycles. The van der Waals surface area contributed by atoms with Gasteiger partial charge in [-0.3, -0.25) is 0 Å². The van der Waals surface area contributed by atoms with Crippen molar-refractivity contribution in [3.8, 4) is 0 Å². The first-order valence-corrected chi connectivity index (χ1v) is 6.48. The second kappa shape index (κ2) is 7.89. The molecule has 0 amide bonds. The van der Waals surface area contributed by atoms with Crippen LogP contribution in [0.15, 0.2) is 12.3 Å². The summed E-state index contributed by atoms with van der Waals surface area (Å²) >= 11 is 5.77. The average molecular weight is 291 g/mol. The third-order valence-corrected chi connectivity index (χ3v) is 3.27. The number of nitrogens with zero attached hydrogens (tertiary/aromatic N) is 3. The van der Waals surface area contributed by atoms with Crippen LogP contribution in [-0.4, -0.2) is 41.5 Å². The number of hydrogen-bond donors (Lipinski definition) is 1. The second-order valence-corrected chi connectivity index (χ2v) is 5.06. The molecule has 102 valence electrons. The zero-order chi connectivity index (χ0) is 12.1. The van der Waals surface area contributed by atoms with Crippen molar-refractivity contribution < 1.29 is 0 Å². The molecule has 0 radical (unpaired) electrons. The largest absolute Gasteiger partial charge is 0.316 e. The van der Waals surface area contributed by atoms with Gasteiger partial charge in [0.05, 0.1) is 5.69 Å². The van der Waals surface area contributed by atoms with Gasteiger partial charge in [-0.2, -0.15) is 0 Å². The van der Waals surface area contributed by atoms with E-state index in [4.69, 9.17) is 11.6 Å². The van der Waals surface area contributed by atoms with Crippen molar-refractivity contribution in [1.29, 1.82) is 0 Å². The highest BCUT2D eigenvalue weighted by Crippen LogP contribution is 2.12. The molecule has 1 fully saturated rings. The van der Waals surface area contributed by atoms with Gasteiger partial charge in [-0.05, 0) is 56.6 Å². The van der Waals surface area contributed by atoms with E-state index in [1.165, 1.54) is 19.4 Å². The molecule has 1 N–H and O–H groups in total. The van der Waals surface area contributed by atoms with Crippen molar-refractivity contribution in [3.05, 3.63) is 23.2 Å². The number of piperidine rings is 1. The highest BCUT2D eigenvalue weighted by Gasteiger charge is 2.15. The van der Waals surface area contributed by atoms with Crippen LogP contribution in [0.1, 0.15) is 18.5 Å². The van der Waals surface area contributed by atoms with E-state index in [1.54, 1.807) is 6.20 Å². The molecule has 0 aromatic carbocycles. The summed E-state index contributed by atoms with van der Waals surface area (Å²) in [7, 11) is 2.13. The smallest absolute Gasteiger partial charge is 0.222 e. The highest BCUT2D eigenvalue weighted by atomic mass is 35.5. The quantitative estimate of drug-likeness (QED) is 0.861. The number of aromatic nitrogens is 2. The predicted octanol–water partition coefficient (Wildman–Crippen LogP) is 1.98. The fourth-order valence-electron chi connectivity index (χ4n) is 2.32. The lowest BCUT2D eigenvalue weighted by atomic mass is 9.99. The first-order chi connectivity index (χ1) is 8.24. The van der Waals surface area contributed by atoms with Crippen LogP contribution in [0.3, 0.4) is 0 Å². The third kappa shape index (κ3) is 5.06.